The maximum absolute atomic E-state index is 5.09. The van der Waals surface area contributed by atoms with Crippen LogP contribution in [0, 0.1) is 22.7 Å². The Kier molecular flexibility index (Phi) is 3.92. The number of nitrogens with one attached hydrogen (secondary N) is 1. The minimum Gasteiger partial charge on any atom is -0.366 e. The number of para-hydroxylation sites is 1. The lowest BCUT2D eigenvalue weighted by atomic mass is 9.64. The van der Waals surface area contributed by atoms with Gasteiger partial charge in [-0.05, 0) is 93.1 Å². The Morgan fingerprint density at radius 3 is 2.72 bits per heavy atom. The SMILES string of the molecule is CC1CC23CC2CC(C(C)Nc2nc(N4CCCCC4)nc4ccccc24)(C1)C3. The predicted octanol–water partition coefficient (Wildman–Crippen LogP) is 5.64. The Balaban J connectivity index is 1.34. The van der Waals surface area contributed by atoms with Crippen LogP contribution in [0.3, 0.4) is 0 Å². The summed E-state index contributed by atoms with van der Waals surface area (Å²) in [6.07, 6.45) is 11.0. The summed E-state index contributed by atoms with van der Waals surface area (Å²) in [4.78, 5) is 12.4. The molecule has 2 aromatic rings. The van der Waals surface area contributed by atoms with Gasteiger partial charge >= 0.3 is 0 Å². The number of rotatable bonds is 4. The van der Waals surface area contributed by atoms with E-state index in [0.29, 0.717) is 16.9 Å². The monoisotopic (exact) mass is 390 g/mol. The highest BCUT2D eigenvalue weighted by Gasteiger charge is 2.68. The van der Waals surface area contributed by atoms with Crippen molar-refractivity contribution in [1.29, 1.82) is 0 Å². The lowest BCUT2D eigenvalue weighted by molar-refractivity contribution is 0.106. The summed E-state index contributed by atoms with van der Waals surface area (Å²) in [7, 11) is 0. The first-order chi connectivity index (χ1) is 14.1. The van der Waals surface area contributed by atoms with Crippen molar-refractivity contribution in [3.05, 3.63) is 24.3 Å². The summed E-state index contributed by atoms with van der Waals surface area (Å²) < 4.78 is 0. The number of aromatic nitrogens is 2. The van der Waals surface area contributed by atoms with Crippen LogP contribution in [-0.4, -0.2) is 29.1 Å². The second-order valence-corrected chi connectivity index (χ2v) is 10.8. The second-order valence-electron chi connectivity index (χ2n) is 10.8. The summed E-state index contributed by atoms with van der Waals surface area (Å²) in [5.74, 6) is 3.83. The van der Waals surface area contributed by atoms with Crippen LogP contribution >= 0.6 is 0 Å². The average molecular weight is 391 g/mol. The summed E-state index contributed by atoms with van der Waals surface area (Å²) >= 11 is 0. The van der Waals surface area contributed by atoms with E-state index >= 15 is 0 Å². The Morgan fingerprint density at radius 1 is 1.03 bits per heavy atom. The smallest absolute Gasteiger partial charge is 0.227 e. The van der Waals surface area contributed by atoms with E-state index in [9.17, 15) is 0 Å². The molecule has 1 N–H and O–H groups in total. The quantitative estimate of drug-likeness (QED) is 0.734. The molecule has 29 heavy (non-hydrogen) atoms. The first kappa shape index (κ1) is 18.0. The van der Waals surface area contributed by atoms with Gasteiger partial charge in [-0.25, -0.2) is 4.98 Å². The summed E-state index contributed by atoms with van der Waals surface area (Å²) in [6, 6.07) is 8.99. The fourth-order valence-electron chi connectivity index (χ4n) is 7.41. The Hall–Kier alpha value is -1.84. The van der Waals surface area contributed by atoms with Crippen LogP contribution < -0.4 is 10.2 Å². The van der Waals surface area contributed by atoms with E-state index in [1.807, 2.05) is 0 Å². The van der Waals surface area contributed by atoms with Crippen molar-refractivity contribution in [3.8, 4) is 0 Å². The number of benzene rings is 1. The maximum atomic E-state index is 5.09. The molecule has 5 unspecified atom stereocenters. The minimum atomic E-state index is 0.456. The zero-order valence-electron chi connectivity index (χ0n) is 18.0. The number of fused-ring (bicyclic) bond motifs is 2. The highest BCUT2D eigenvalue weighted by molar-refractivity contribution is 5.90. The Labute approximate surface area is 174 Å². The van der Waals surface area contributed by atoms with Crippen molar-refractivity contribution in [2.45, 2.75) is 71.3 Å². The first-order valence-corrected chi connectivity index (χ1v) is 11.9. The van der Waals surface area contributed by atoms with Crippen LogP contribution in [-0.2, 0) is 0 Å². The molecular weight excluding hydrogens is 356 g/mol. The van der Waals surface area contributed by atoms with E-state index in [-0.39, 0.29) is 0 Å². The van der Waals surface area contributed by atoms with Gasteiger partial charge in [0.2, 0.25) is 5.95 Å². The molecule has 4 aliphatic rings. The van der Waals surface area contributed by atoms with Crippen LogP contribution in [0.5, 0.6) is 0 Å². The third-order valence-electron chi connectivity index (χ3n) is 8.73. The molecule has 6 rings (SSSR count). The minimum absolute atomic E-state index is 0.456. The summed E-state index contributed by atoms with van der Waals surface area (Å²) in [5, 5.41) is 5.10. The van der Waals surface area contributed by atoms with Gasteiger partial charge in [0.05, 0.1) is 5.52 Å². The molecule has 4 heteroatoms. The standard InChI is InChI=1S/C25H34N4/c1-17-12-24(14-19-15-25(19,13-17)16-24)18(2)26-22-20-8-4-5-9-21(20)27-23(28-22)29-10-6-3-7-11-29/h4-5,8-9,17-19H,3,6-7,10-16H2,1-2H3,(H,26,27,28). The zero-order chi connectivity index (χ0) is 19.6. The topological polar surface area (TPSA) is 41.1 Å². The molecule has 2 heterocycles. The van der Waals surface area contributed by atoms with Gasteiger partial charge in [-0.15, -0.1) is 0 Å². The van der Waals surface area contributed by atoms with E-state index in [4.69, 9.17) is 9.97 Å². The second kappa shape index (κ2) is 6.33. The normalized spacial score (nSPS) is 36.7. The van der Waals surface area contributed by atoms with Gasteiger partial charge in [0.25, 0.3) is 0 Å². The molecule has 1 spiro atoms. The zero-order valence-corrected chi connectivity index (χ0v) is 18.0. The van der Waals surface area contributed by atoms with Gasteiger partial charge in [-0.3, -0.25) is 0 Å². The molecule has 1 aromatic heterocycles. The molecule has 1 aliphatic heterocycles. The number of anilines is 2. The van der Waals surface area contributed by atoms with Crippen molar-refractivity contribution < 1.29 is 0 Å². The largest absolute Gasteiger partial charge is 0.366 e. The van der Waals surface area contributed by atoms with Crippen molar-refractivity contribution in [2.24, 2.45) is 22.7 Å². The van der Waals surface area contributed by atoms with Crippen LogP contribution in [0.2, 0.25) is 0 Å². The number of nitrogens with zero attached hydrogens (tertiary/aromatic N) is 3. The highest BCUT2D eigenvalue weighted by atomic mass is 15.3. The summed E-state index contributed by atoms with van der Waals surface area (Å²) in [5.41, 5.74) is 2.23. The molecule has 154 valence electrons. The molecule has 3 aliphatic carbocycles. The Bertz CT molecular complexity index is 932. The van der Waals surface area contributed by atoms with Gasteiger partial charge in [0.15, 0.2) is 0 Å². The summed E-state index contributed by atoms with van der Waals surface area (Å²) in [6.45, 7) is 7.07. The predicted molar refractivity (Wildman–Crippen MR) is 119 cm³/mol. The van der Waals surface area contributed by atoms with Gasteiger partial charge in [0, 0.05) is 24.5 Å². The van der Waals surface area contributed by atoms with E-state index in [0.717, 1.165) is 42.2 Å². The molecule has 1 aromatic carbocycles. The molecule has 4 fully saturated rings. The van der Waals surface area contributed by atoms with Crippen molar-refractivity contribution in [2.75, 3.05) is 23.3 Å². The molecular formula is C25H34N4. The van der Waals surface area contributed by atoms with Crippen LogP contribution in [0.4, 0.5) is 11.8 Å². The van der Waals surface area contributed by atoms with E-state index in [2.05, 4.69) is 48.3 Å². The van der Waals surface area contributed by atoms with Crippen molar-refractivity contribution in [3.63, 3.8) is 0 Å². The van der Waals surface area contributed by atoms with E-state index in [1.165, 1.54) is 56.8 Å². The lowest BCUT2D eigenvalue weighted by Crippen LogP contribution is -2.42. The number of piperidine rings is 1. The molecule has 2 bridgehead atoms. The van der Waals surface area contributed by atoms with Crippen LogP contribution in [0.15, 0.2) is 24.3 Å². The number of hydrogen-bond acceptors (Lipinski definition) is 4. The third-order valence-corrected chi connectivity index (χ3v) is 8.73. The Morgan fingerprint density at radius 2 is 1.86 bits per heavy atom. The molecule has 5 atom stereocenters. The van der Waals surface area contributed by atoms with Crippen molar-refractivity contribution in [1.82, 2.24) is 9.97 Å². The molecule has 1 saturated heterocycles. The van der Waals surface area contributed by atoms with Gasteiger partial charge in [-0.2, -0.15) is 4.98 Å². The van der Waals surface area contributed by atoms with Gasteiger partial charge in [-0.1, -0.05) is 19.1 Å². The van der Waals surface area contributed by atoms with Gasteiger partial charge in [0.1, 0.15) is 5.82 Å². The fraction of sp³-hybridized carbons (Fsp3) is 0.680. The number of hydrogen-bond donors (Lipinski definition) is 1. The third kappa shape index (κ3) is 2.85. The van der Waals surface area contributed by atoms with Crippen molar-refractivity contribution >= 4 is 22.7 Å². The van der Waals surface area contributed by atoms with Crippen LogP contribution in [0.1, 0.15) is 65.2 Å². The maximum Gasteiger partial charge on any atom is 0.227 e. The first-order valence-electron chi connectivity index (χ1n) is 11.9. The van der Waals surface area contributed by atoms with E-state index in [1.54, 1.807) is 0 Å². The fourth-order valence-corrected chi connectivity index (χ4v) is 7.41. The highest BCUT2D eigenvalue weighted by Crippen LogP contribution is 2.76. The molecule has 3 saturated carbocycles. The van der Waals surface area contributed by atoms with E-state index < -0.39 is 0 Å². The van der Waals surface area contributed by atoms with Crippen LogP contribution in [0.25, 0.3) is 10.9 Å². The molecule has 0 amide bonds. The lowest BCUT2D eigenvalue weighted by Gasteiger charge is -2.44. The molecule has 4 nitrogen and oxygen atoms in total. The average Bonchev–Trinajstić information content (AvgIpc) is 3.29. The van der Waals surface area contributed by atoms with Gasteiger partial charge < -0.3 is 10.2 Å². The molecule has 0 radical (unpaired) electrons.